The summed E-state index contributed by atoms with van der Waals surface area (Å²) in [4.78, 5) is 12.4. The number of hydrogen-bond acceptors (Lipinski definition) is 6. The van der Waals surface area contributed by atoms with Crippen molar-refractivity contribution in [1.29, 1.82) is 0 Å². The molecule has 0 bridgehead atoms. The van der Waals surface area contributed by atoms with E-state index in [1.165, 1.54) is 23.9 Å². The maximum atomic E-state index is 13.5. The zero-order valence-electron chi connectivity index (χ0n) is 18.3. The first kappa shape index (κ1) is 22.8. The molecular weight excluding hydrogens is 417 g/mol. The highest BCUT2D eigenvalue weighted by atomic mass is 32.2. The maximum Gasteiger partial charge on any atom is 0.196 e. The number of ether oxygens (including phenoxy) is 2. The van der Waals surface area contributed by atoms with Gasteiger partial charge in [0.05, 0.1) is 20.0 Å². The van der Waals surface area contributed by atoms with Crippen LogP contribution in [0.1, 0.15) is 32.2 Å². The summed E-state index contributed by atoms with van der Waals surface area (Å²) < 4.78 is 26.1. The summed E-state index contributed by atoms with van der Waals surface area (Å²) >= 11 is 1.33. The highest BCUT2D eigenvalue weighted by molar-refractivity contribution is 7.99. The lowest BCUT2D eigenvalue weighted by Gasteiger charge is -2.16. The second-order valence-electron chi connectivity index (χ2n) is 8.04. The van der Waals surface area contributed by atoms with Crippen molar-refractivity contribution in [2.45, 2.75) is 32.3 Å². The fraction of sp³-hybridized carbons (Fsp3) is 0.348. The number of hydrogen-bond donors (Lipinski definition) is 0. The first-order valence-corrected chi connectivity index (χ1v) is 10.8. The molecule has 164 valence electrons. The van der Waals surface area contributed by atoms with Crippen LogP contribution in [0.5, 0.6) is 11.5 Å². The van der Waals surface area contributed by atoms with Crippen molar-refractivity contribution in [3.05, 3.63) is 59.7 Å². The van der Waals surface area contributed by atoms with Crippen molar-refractivity contribution >= 4 is 17.5 Å². The van der Waals surface area contributed by atoms with Gasteiger partial charge in [0.15, 0.2) is 16.7 Å². The summed E-state index contributed by atoms with van der Waals surface area (Å²) in [6, 6.07) is 11.8. The molecule has 3 aromatic rings. The van der Waals surface area contributed by atoms with Crippen LogP contribution in [0.15, 0.2) is 47.6 Å². The van der Waals surface area contributed by atoms with E-state index in [2.05, 4.69) is 10.2 Å². The number of benzene rings is 2. The van der Waals surface area contributed by atoms with E-state index in [0.717, 1.165) is 11.3 Å². The van der Waals surface area contributed by atoms with Gasteiger partial charge in [0.2, 0.25) is 0 Å². The normalized spacial score (nSPS) is 11.4. The Morgan fingerprint density at radius 2 is 1.71 bits per heavy atom. The van der Waals surface area contributed by atoms with Crippen LogP contribution in [0.25, 0.3) is 5.69 Å². The van der Waals surface area contributed by atoms with Crippen molar-refractivity contribution in [2.75, 3.05) is 20.0 Å². The predicted molar refractivity (Wildman–Crippen MR) is 119 cm³/mol. The number of thioether (sulfide) groups is 1. The molecule has 6 nitrogen and oxygen atoms in total. The van der Waals surface area contributed by atoms with E-state index in [1.807, 2.05) is 43.5 Å². The van der Waals surface area contributed by atoms with Crippen molar-refractivity contribution in [3.8, 4) is 17.2 Å². The molecule has 0 aliphatic heterocycles. The van der Waals surface area contributed by atoms with Gasteiger partial charge in [-0.05, 0) is 42.0 Å². The topological polar surface area (TPSA) is 66.2 Å². The van der Waals surface area contributed by atoms with Gasteiger partial charge in [-0.15, -0.1) is 10.2 Å². The van der Waals surface area contributed by atoms with Gasteiger partial charge in [0, 0.05) is 17.5 Å². The lowest BCUT2D eigenvalue weighted by atomic mass is 9.92. The number of halogens is 1. The van der Waals surface area contributed by atoms with Crippen LogP contribution in [0.3, 0.4) is 0 Å². The summed E-state index contributed by atoms with van der Waals surface area (Å²) in [5.74, 6) is 2.01. The molecule has 0 aliphatic carbocycles. The van der Waals surface area contributed by atoms with Gasteiger partial charge >= 0.3 is 0 Å². The third-order valence-electron chi connectivity index (χ3n) is 4.76. The fourth-order valence-corrected chi connectivity index (χ4v) is 4.01. The molecule has 0 unspecified atom stereocenters. The smallest absolute Gasteiger partial charge is 0.196 e. The molecule has 0 saturated carbocycles. The largest absolute Gasteiger partial charge is 0.493 e. The van der Waals surface area contributed by atoms with Gasteiger partial charge in [-0.25, -0.2) is 4.39 Å². The second kappa shape index (κ2) is 9.51. The number of rotatable bonds is 8. The summed E-state index contributed by atoms with van der Waals surface area (Å²) in [6.45, 7) is 5.68. The number of ketones is 1. The Balaban J connectivity index is 1.95. The van der Waals surface area contributed by atoms with Crippen LogP contribution in [0, 0.1) is 11.2 Å². The van der Waals surface area contributed by atoms with Crippen LogP contribution in [-0.4, -0.2) is 40.5 Å². The molecule has 0 fully saturated rings. The minimum absolute atomic E-state index is 0.118. The van der Waals surface area contributed by atoms with Gasteiger partial charge in [-0.3, -0.25) is 9.36 Å². The van der Waals surface area contributed by atoms with Crippen molar-refractivity contribution in [2.24, 2.45) is 5.41 Å². The Bertz CT molecular complexity index is 1060. The standard InChI is InChI=1S/C23H26FN3O3S/c1-23(2,3)20(28)14-31-22-26-25-21(27(22)17-9-7-16(24)8-10-17)13-15-6-11-18(29-4)19(12-15)30-5/h6-12H,13-14H2,1-5H3. The van der Waals surface area contributed by atoms with E-state index >= 15 is 0 Å². The van der Waals surface area contributed by atoms with Crippen molar-refractivity contribution in [3.63, 3.8) is 0 Å². The number of methoxy groups -OCH3 is 2. The lowest BCUT2D eigenvalue weighted by Crippen LogP contribution is -2.22. The van der Waals surface area contributed by atoms with Gasteiger partial charge < -0.3 is 9.47 Å². The minimum atomic E-state index is -0.434. The van der Waals surface area contributed by atoms with Crippen molar-refractivity contribution in [1.82, 2.24) is 14.8 Å². The molecule has 8 heteroatoms. The summed E-state index contributed by atoms with van der Waals surface area (Å²) in [5.41, 5.74) is 1.25. The van der Waals surface area contributed by atoms with E-state index in [4.69, 9.17) is 9.47 Å². The van der Waals surface area contributed by atoms with Crippen LogP contribution in [-0.2, 0) is 11.2 Å². The molecule has 0 aliphatic rings. The molecule has 0 saturated heterocycles. The highest BCUT2D eigenvalue weighted by Crippen LogP contribution is 2.30. The molecular formula is C23H26FN3O3S. The highest BCUT2D eigenvalue weighted by Gasteiger charge is 2.23. The van der Waals surface area contributed by atoms with Gasteiger partial charge in [0.1, 0.15) is 17.4 Å². The molecule has 0 spiro atoms. The van der Waals surface area contributed by atoms with Gasteiger partial charge in [-0.2, -0.15) is 0 Å². The van der Waals surface area contributed by atoms with Gasteiger partial charge in [0.25, 0.3) is 0 Å². The summed E-state index contributed by atoms with van der Waals surface area (Å²) in [7, 11) is 3.18. The van der Waals surface area contributed by atoms with Crippen LogP contribution in [0.4, 0.5) is 4.39 Å². The maximum absolute atomic E-state index is 13.5. The average molecular weight is 444 g/mol. The number of aromatic nitrogens is 3. The third kappa shape index (κ3) is 5.44. The fourth-order valence-electron chi connectivity index (χ4n) is 2.88. The predicted octanol–water partition coefficient (Wildman–Crippen LogP) is 4.72. The average Bonchev–Trinajstić information content (AvgIpc) is 3.14. The molecule has 0 radical (unpaired) electrons. The Labute approximate surface area is 185 Å². The monoisotopic (exact) mass is 443 g/mol. The quantitative estimate of drug-likeness (QED) is 0.469. The molecule has 0 amide bonds. The number of nitrogens with zero attached hydrogens (tertiary/aromatic N) is 3. The van der Waals surface area contributed by atoms with E-state index in [1.54, 1.807) is 26.4 Å². The summed E-state index contributed by atoms with van der Waals surface area (Å²) in [6.07, 6.45) is 0.471. The zero-order chi connectivity index (χ0) is 22.6. The molecule has 1 aromatic heterocycles. The van der Waals surface area contributed by atoms with Crippen LogP contribution < -0.4 is 9.47 Å². The first-order chi connectivity index (χ1) is 14.7. The Kier molecular flexibility index (Phi) is 7.00. The SMILES string of the molecule is COc1ccc(Cc2nnc(SCC(=O)C(C)(C)C)n2-c2ccc(F)cc2)cc1OC. The molecule has 1 heterocycles. The Hall–Kier alpha value is -2.87. The molecule has 0 atom stereocenters. The Morgan fingerprint density at radius 1 is 1.03 bits per heavy atom. The van der Waals surface area contributed by atoms with Gasteiger partial charge in [-0.1, -0.05) is 38.6 Å². The third-order valence-corrected chi connectivity index (χ3v) is 5.69. The van der Waals surface area contributed by atoms with E-state index < -0.39 is 5.41 Å². The number of Topliss-reactive ketones (excluding diaryl/α,β-unsaturated/α-hetero) is 1. The zero-order valence-corrected chi connectivity index (χ0v) is 19.1. The molecule has 2 aromatic carbocycles. The van der Waals surface area contributed by atoms with Crippen LogP contribution >= 0.6 is 11.8 Å². The van der Waals surface area contributed by atoms with E-state index in [9.17, 15) is 9.18 Å². The number of carbonyl (C=O) groups excluding carboxylic acids is 1. The lowest BCUT2D eigenvalue weighted by molar-refractivity contribution is -0.123. The Morgan fingerprint density at radius 3 is 2.32 bits per heavy atom. The second-order valence-corrected chi connectivity index (χ2v) is 8.98. The minimum Gasteiger partial charge on any atom is -0.493 e. The van der Waals surface area contributed by atoms with Crippen LogP contribution in [0.2, 0.25) is 0 Å². The molecule has 3 rings (SSSR count). The summed E-state index contributed by atoms with van der Waals surface area (Å²) in [5, 5.41) is 9.26. The number of carbonyl (C=O) groups is 1. The van der Waals surface area contributed by atoms with E-state index in [0.29, 0.717) is 28.9 Å². The molecule has 31 heavy (non-hydrogen) atoms. The van der Waals surface area contributed by atoms with Crippen molar-refractivity contribution < 1.29 is 18.7 Å². The first-order valence-electron chi connectivity index (χ1n) is 9.80. The molecule has 0 N–H and O–H groups in total. The van der Waals surface area contributed by atoms with E-state index in [-0.39, 0.29) is 17.4 Å².